The van der Waals surface area contributed by atoms with Crippen molar-refractivity contribution in [3.8, 4) is 0 Å². The molecule has 3 heterocycles. The lowest BCUT2D eigenvalue weighted by Gasteiger charge is -2.06. The number of benzene rings is 2. The lowest BCUT2D eigenvalue weighted by molar-refractivity contribution is 0.102. The van der Waals surface area contributed by atoms with Gasteiger partial charge in [-0.25, -0.2) is 4.98 Å². The van der Waals surface area contributed by atoms with Crippen molar-refractivity contribution in [2.45, 2.75) is 6.92 Å². The van der Waals surface area contributed by atoms with E-state index in [1.54, 1.807) is 0 Å². The molecular formula is C19H13N5OS. The Balaban J connectivity index is 1.61. The van der Waals surface area contributed by atoms with Crippen LogP contribution in [-0.2, 0) is 0 Å². The highest BCUT2D eigenvalue weighted by Crippen LogP contribution is 2.28. The van der Waals surface area contributed by atoms with Crippen LogP contribution in [0.25, 0.3) is 32.8 Å². The molecule has 5 rings (SSSR count). The molecule has 0 spiro atoms. The fourth-order valence-corrected chi connectivity index (χ4v) is 3.76. The number of anilines is 1. The summed E-state index contributed by atoms with van der Waals surface area (Å²) >= 11 is 1.13. The number of pyridine rings is 1. The Kier molecular flexibility index (Phi) is 3.23. The molecule has 2 aromatic carbocycles. The second kappa shape index (κ2) is 5.60. The average Bonchev–Trinajstić information content (AvgIpc) is 3.27. The first-order valence-corrected chi connectivity index (χ1v) is 8.84. The molecule has 0 saturated carbocycles. The number of H-pyrrole nitrogens is 1. The highest BCUT2D eigenvalue weighted by atomic mass is 32.1. The minimum absolute atomic E-state index is 0.263. The molecule has 26 heavy (non-hydrogen) atoms. The summed E-state index contributed by atoms with van der Waals surface area (Å²) in [5, 5.41) is 4.98. The van der Waals surface area contributed by atoms with Crippen molar-refractivity contribution < 1.29 is 4.79 Å². The Bertz CT molecular complexity index is 1300. The maximum absolute atomic E-state index is 12.8. The van der Waals surface area contributed by atoms with Gasteiger partial charge < -0.3 is 10.3 Å². The SMILES string of the molecule is Cc1nc(C(=O)Nc2cccc3nsnc23)cc2c1[nH]c1ccccc12. The summed E-state index contributed by atoms with van der Waals surface area (Å²) in [7, 11) is 0. The quantitative estimate of drug-likeness (QED) is 0.493. The van der Waals surface area contributed by atoms with Gasteiger partial charge in [0.15, 0.2) is 0 Å². The standard InChI is InChI=1S/C19H13N5OS/c1-10-17-12(11-5-2-3-6-13(11)21-17)9-16(20-10)19(25)22-14-7-4-8-15-18(14)24-26-23-15/h2-9,21H,1H3,(H,22,25). The monoisotopic (exact) mass is 359 g/mol. The van der Waals surface area contributed by atoms with Crippen LogP contribution in [0.15, 0.2) is 48.5 Å². The predicted octanol–water partition coefficient (Wildman–Crippen LogP) is 4.28. The van der Waals surface area contributed by atoms with E-state index in [4.69, 9.17) is 0 Å². The van der Waals surface area contributed by atoms with E-state index in [0.717, 1.165) is 44.7 Å². The summed E-state index contributed by atoms with van der Waals surface area (Å²) in [6.07, 6.45) is 0. The Labute approximate surface area is 152 Å². The van der Waals surface area contributed by atoms with E-state index >= 15 is 0 Å². The van der Waals surface area contributed by atoms with Gasteiger partial charge in [-0.15, -0.1) is 0 Å². The van der Waals surface area contributed by atoms with Gasteiger partial charge in [-0.3, -0.25) is 4.79 Å². The molecule has 2 N–H and O–H groups in total. The second-order valence-corrected chi connectivity index (χ2v) is 6.61. The summed E-state index contributed by atoms with van der Waals surface area (Å²) < 4.78 is 8.46. The van der Waals surface area contributed by atoms with Crippen molar-refractivity contribution >= 4 is 56.2 Å². The Morgan fingerprint density at radius 2 is 1.96 bits per heavy atom. The van der Waals surface area contributed by atoms with Crippen LogP contribution in [0, 0.1) is 6.92 Å². The van der Waals surface area contributed by atoms with Gasteiger partial charge in [0.2, 0.25) is 0 Å². The second-order valence-electron chi connectivity index (χ2n) is 6.08. The summed E-state index contributed by atoms with van der Waals surface area (Å²) in [6.45, 7) is 1.90. The van der Waals surface area contributed by atoms with E-state index in [0.29, 0.717) is 16.9 Å². The first kappa shape index (κ1) is 15.0. The zero-order chi connectivity index (χ0) is 17.7. The topological polar surface area (TPSA) is 83.6 Å². The molecule has 5 aromatic rings. The number of para-hydroxylation sites is 1. The van der Waals surface area contributed by atoms with Gasteiger partial charge in [-0.1, -0.05) is 24.3 Å². The lowest BCUT2D eigenvalue weighted by Crippen LogP contribution is -2.14. The number of fused-ring (bicyclic) bond motifs is 4. The van der Waals surface area contributed by atoms with E-state index in [9.17, 15) is 4.79 Å². The fourth-order valence-electron chi connectivity index (χ4n) is 3.21. The molecule has 0 bridgehead atoms. The van der Waals surface area contributed by atoms with Gasteiger partial charge in [0, 0.05) is 16.3 Å². The number of carbonyl (C=O) groups is 1. The van der Waals surface area contributed by atoms with Crippen LogP contribution in [0.5, 0.6) is 0 Å². The van der Waals surface area contributed by atoms with Crippen LogP contribution in [0.3, 0.4) is 0 Å². The maximum atomic E-state index is 12.8. The van der Waals surface area contributed by atoms with E-state index < -0.39 is 0 Å². The molecule has 0 aliphatic rings. The van der Waals surface area contributed by atoms with E-state index in [2.05, 4.69) is 24.0 Å². The van der Waals surface area contributed by atoms with Crippen molar-refractivity contribution in [2.75, 3.05) is 5.32 Å². The molecule has 1 amide bonds. The molecule has 0 unspecified atom stereocenters. The van der Waals surface area contributed by atoms with Crippen molar-refractivity contribution in [3.05, 3.63) is 59.9 Å². The molecule has 0 atom stereocenters. The molecular weight excluding hydrogens is 346 g/mol. The number of hydrogen-bond donors (Lipinski definition) is 2. The number of nitrogens with zero attached hydrogens (tertiary/aromatic N) is 3. The Morgan fingerprint density at radius 1 is 1.08 bits per heavy atom. The molecule has 126 valence electrons. The van der Waals surface area contributed by atoms with Crippen LogP contribution in [0.2, 0.25) is 0 Å². The zero-order valence-corrected chi connectivity index (χ0v) is 14.6. The molecule has 0 aliphatic carbocycles. The van der Waals surface area contributed by atoms with Gasteiger partial charge in [0.25, 0.3) is 5.91 Å². The third-order valence-electron chi connectivity index (χ3n) is 4.44. The fraction of sp³-hybridized carbons (Fsp3) is 0.0526. The zero-order valence-electron chi connectivity index (χ0n) is 13.8. The molecule has 6 nitrogen and oxygen atoms in total. The number of aromatic nitrogens is 4. The van der Waals surface area contributed by atoms with Gasteiger partial charge in [-0.05, 0) is 31.2 Å². The van der Waals surface area contributed by atoms with E-state index in [-0.39, 0.29) is 5.91 Å². The Hall–Kier alpha value is -3.32. The predicted molar refractivity (Wildman–Crippen MR) is 104 cm³/mol. The molecule has 3 aromatic heterocycles. The number of amides is 1. The van der Waals surface area contributed by atoms with Crippen LogP contribution in [0.1, 0.15) is 16.2 Å². The molecule has 0 aliphatic heterocycles. The number of nitrogens with one attached hydrogen (secondary N) is 2. The summed E-state index contributed by atoms with van der Waals surface area (Å²) in [5.74, 6) is -0.263. The average molecular weight is 359 g/mol. The molecule has 0 radical (unpaired) electrons. The number of aromatic amines is 1. The minimum Gasteiger partial charge on any atom is -0.353 e. The summed E-state index contributed by atoms with van der Waals surface area (Å²) in [6, 6.07) is 15.4. The maximum Gasteiger partial charge on any atom is 0.274 e. The lowest BCUT2D eigenvalue weighted by atomic mass is 10.1. The number of rotatable bonds is 2. The number of hydrogen-bond acceptors (Lipinski definition) is 5. The summed E-state index contributed by atoms with van der Waals surface area (Å²) in [4.78, 5) is 20.7. The normalized spacial score (nSPS) is 11.4. The molecule has 0 fully saturated rings. The number of aryl methyl sites for hydroxylation is 1. The number of carbonyl (C=O) groups excluding carboxylic acids is 1. The largest absolute Gasteiger partial charge is 0.353 e. The smallest absolute Gasteiger partial charge is 0.274 e. The third-order valence-corrected chi connectivity index (χ3v) is 4.99. The highest BCUT2D eigenvalue weighted by Gasteiger charge is 2.15. The van der Waals surface area contributed by atoms with Crippen molar-refractivity contribution in [1.82, 2.24) is 18.7 Å². The van der Waals surface area contributed by atoms with Gasteiger partial charge in [0.05, 0.1) is 28.6 Å². The van der Waals surface area contributed by atoms with Crippen LogP contribution >= 0.6 is 11.7 Å². The van der Waals surface area contributed by atoms with Crippen molar-refractivity contribution in [1.29, 1.82) is 0 Å². The third kappa shape index (κ3) is 2.25. The van der Waals surface area contributed by atoms with Crippen LogP contribution in [-0.4, -0.2) is 24.6 Å². The first-order valence-electron chi connectivity index (χ1n) is 8.11. The highest BCUT2D eigenvalue weighted by molar-refractivity contribution is 7.00. The van der Waals surface area contributed by atoms with Crippen molar-refractivity contribution in [3.63, 3.8) is 0 Å². The van der Waals surface area contributed by atoms with E-state index in [1.165, 1.54) is 0 Å². The Morgan fingerprint density at radius 3 is 2.88 bits per heavy atom. The molecule has 0 saturated heterocycles. The first-order chi connectivity index (χ1) is 12.7. The molecule has 7 heteroatoms. The van der Waals surface area contributed by atoms with Crippen LogP contribution in [0.4, 0.5) is 5.69 Å². The van der Waals surface area contributed by atoms with Gasteiger partial charge in [-0.2, -0.15) is 8.75 Å². The van der Waals surface area contributed by atoms with E-state index in [1.807, 2.05) is 55.5 Å². The summed E-state index contributed by atoms with van der Waals surface area (Å²) in [5.41, 5.74) is 5.24. The van der Waals surface area contributed by atoms with Crippen molar-refractivity contribution in [2.24, 2.45) is 0 Å². The van der Waals surface area contributed by atoms with Gasteiger partial charge >= 0.3 is 0 Å². The minimum atomic E-state index is -0.263. The van der Waals surface area contributed by atoms with Crippen LogP contribution < -0.4 is 5.32 Å². The van der Waals surface area contributed by atoms with Gasteiger partial charge in [0.1, 0.15) is 16.7 Å².